The van der Waals surface area contributed by atoms with E-state index in [0.717, 1.165) is 5.56 Å². The van der Waals surface area contributed by atoms with E-state index >= 15 is 0 Å². The fourth-order valence-corrected chi connectivity index (χ4v) is 2.59. The molecule has 138 valence electrons. The molecule has 7 nitrogen and oxygen atoms in total. The van der Waals surface area contributed by atoms with Gasteiger partial charge in [0, 0.05) is 16.8 Å². The molecule has 0 aliphatic rings. The van der Waals surface area contributed by atoms with E-state index in [1.807, 2.05) is 24.3 Å². The Kier molecular flexibility index (Phi) is 5.40. The first-order chi connectivity index (χ1) is 12.9. The van der Waals surface area contributed by atoms with Crippen molar-refractivity contribution in [1.29, 1.82) is 0 Å². The minimum Gasteiger partial charge on any atom is -0.324 e. The maximum absolute atomic E-state index is 12.2. The molecular formula is C20H21N5O2. The molecule has 0 unspecified atom stereocenters. The normalized spacial score (nSPS) is 10.8. The van der Waals surface area contributed by atoms with Crippen molar-refractivity contribution in [2.24, 2.45) is 0 Å². The van der Waals surface area contributed by atoms with Gasteiger partial charge in [-0.3, -0.25) is 9.59 Å². The summed E-state index contributed by atoms with van der Waals surface area (Å²) in [6.45, 7) is 5.68. The van der Waals surface area contributed by atoms with Crippen molar-refractivity contribution in [2.45, 2.75) is 33.2 Å². The summed E-state index contributed by atoms with van der Waals surface area (Å²) in [5, 5.41) is 15.0. The molecule has 0 aliphatic carbocycles. The Balaban J connectivity index is 1.65. The summed E-state index contributed by atoms with van der Waals surface area (Å²) in [7, 11) is 0. The number of nitrogens with zero attached hydrogens (tertiary/aromatic N) is 4. The van der Waals surface area contributed by atoms with Crippen LogP contribution < -0.4 is 5.32 Å². The summed E-state index contributed by atoms with van der Waals surface area (Å²) in [5.74, 6) is 0.566. The molecule has 1 heterocycles. The van der Waals surface area contributed by atoms with Gasteiger partial charge in [0.05, 0.1) is 0 Å². The van der Waals surface area contributed by atoms with Gasteiger partial charge < -0.3 is 5.32 Å². The van der Waals surface area contributed by atoms with E-state index in [1.54, 1.807) is 24.3 Å². The van der Waals surface area contributed by atoms with Crippen LogP contribution in [0.2, 0.25) is 0 Å². The summed E-state index contributed by atoms with van der Waals surface area (Å²) in [6, 6.07) is 14.8. The van der Waals surface area contributed by atoms with Gasteiger partial charge >= 0.3 is 0 Å². The number of carbonyl (C=O) groups excluding carboxylic acids is 2. The van der Waals surface area contributed by atoms with Gasteiger partial charge in [0.2, 0.25) is 11.7 Å². The first-order valence-electron chi connectivity index (χ1n) is 8.71. The third kappa shape index (κ3) is 4.63. The highest BCUT2D eigenvalue weighted by Gasteiger charge is 2.11. The molecule has 7 heteroatoms. The Morgan fingerprint density at radius 3 is 2.52 bits per heavy atom. The lowest BCUT2D eigenvalue weighted by molar-refractivity contribution is -0.117. The van der Waals surface area contributed by atoms with E-state index in [9.17, 15) is 9.59 Å². The van der Waals surface area contributed by atoms with Crippen LogP contribution in [0.15, 0.2) is 48.5 Å². The average molecular weight is 363 g/mol. The van der Waals surface area contributed by atoms with Crippen molar-refractivity contribution in [1.82, 2.24) is 20.2 Å². The van der Waals surface area contributed by atoms with Crippen LogP contribution in [0.5, 0.6) is 0 Å². The maximum Gasteiger partial charge on any atom is 0.248 e. The molecule has 27 heavy (non-hydrogen) atoms. The molecule has 0 bridgehead atoms. The molecule has 0 atom stereocenters. The van der Waals surface area contributed by atoms with Gasteiger partial charge in [0.25, 0.3) is 0 Å². The first kappa shape index (κ1) is 18.4. The SMILES string of the molecule is CC(=O)c1cccc(NC(=O)Cn2nnc(-c3ccc(C(C)C)cc3)n2)c1. The number of nitrogens with one attached hydrogen (secondary N) is 1. The molecule has 0 spiro atoms. The van der Waals surface area contributed by atoms with Crippen molar-refractivity contribution in [3.63, 3.8) is 0 Å². The first-order valence-corrected chi connectivity index (χ1v) is 8.71. The number of ketones is 1. The predicted molar refractivity (Wildman–Crippen MR) is 102 cm³/mol. The number of benzene rings is 2. The zero-order valence-electron chi connectivity index (χ0n) is 15.5. The van der Waals surface area contributed by atoms with Crippen LogP contribution >= 0.6 is 0 Å². The lowest BCUT2D eigenvalue weighted by atomic mass is 10.0. The number of tetrazole rings is 1. The number of aromatic nitrogens is 4. The van der Waals surface area contributed by atoms with Crippen molar-refractivity contribution in [3.05, 3.63) is 59.7 Å². The summed E-state index contributed by atoms with van der Waals surface area (Å²) in [6.07, 6.45) is 0. The van der Waals surface area contributed by atoms with Crippen LogP contribution in [0.1, 0.15) is 42.6 Å². The Morgan fingerprint density at radius 1 is 1.11 bits per heavy atom. The lowest BCUT2D eigenvalue weighted by Crippen LogP contribution is -2.20. The standard InChI is InChI=1S/C20H21N5O2/c1-13(2)15-7-9-16(10-8-15)20-22-24-25(23-20)12-19(27)21-18-6-4-5-17(11-18)14(3)26/h4-11,13H,12H2,1-3H3,(H,21,27). The topological polar surface area (TPSA) is 89.8 Å². The van der Waals surface area contributed by atoms with Crippen molar-refractivity contribution >= 4 is 17.4 Å². The summed E-state index contributed by atoms with van der Waals surface area (Å²) < 4.78 is 0. The summed E-state index contributed by atoms with van der Waals surface area (Å²) >= 11 is 0. The minimum absolute atomic E-state index is 0.0582. The van der Waals surface area contributed by atoms with Gasteiger partial charge in [-0.25, -0.2) is 0 Å². The van der Waals surface area contributed by atoms with Crippen LogP contribution in [-0.4, -0.2) is 31.9 Å². The summed E-state index contributed by atoms with van der Waals surface area (Å²) in [4.78, 5) is 24.9. The second-order valence-electron chi connectivity index (χ2n) is 6.61. The van der Waals surface area contributed by atoms with Gasteiger partial charge in [0.15, 0.2) is 5.78 Å². The number of anilines is 1. The maximum atomic E-state index is 12.2. The molecular weight excluding hydrogens is 342 g/mol. The zero-order valence-corrected chi connectivity index (χ0v) is 15.5. The molecule has 1 amide bonds. The van der Waals surface area contributed by atoms with E-state index in [4.69, 9.17) is 0 Å². The fourth-order valence-electron chi connectivity index (χ4n) is 2.59. The monoisotopic (exact) mass is 363 g/mol. The highest BCUT2D eigenvalue weighted by Crippen LogP contribution is 2.19. The van der Waals surface area contributed by atoms with Crippen molar-refractivity contribution < 1.29 is 9.59 Å². The van der Waals surface area contributed by atoms with Crippen LogP contribution in [0, 0.1) is 0 Å². The molecule has 0 saturated carbocycles. The number of rotatable bonds is 6. The highest BCUT2D eigenvalue weighted by molar-refractivity contribution is 5.97. The fraction of sp³-hybridized carbons (Fsp3) is 0.250. The molecule has 3 aromatic rings. The third-order valence-electron chi connectivity index (χ3n) is 4.13. The molecule has 0 radical (unpaired) electrons. The Labute approximate surface area is 157 Å². The van der Waals surface area contributed by atoms with E-state index in [0.29, 0.717) is 23.0 Å². The molecule has 0 saturated heterocycles. The quantitative estimate of drug-likeness (QED) is 0.679. The van der Waals surface area contributed by atoms with Crippen LogP contribution in [0.3, 0.4) is 0 Å². The lowest BCUT2D eigenvalue weighted by Gasteiger charge is -2.06. The second kappa shape index (κ2) is 7.90. The van der Waals surface area contributed by atoms with Crippen LogP contribution in [-0.2, 0) is 11.3 Å². The van der Waals surface area contributed by atoms with Gasteiger partial charge in [-0.1, -0.05) is 50.2 Å². The van der Waals surface area contributed by atoms with Gasteiger partial charge in [-0.2, -0.15) is 4.80 Å². The van der Waals surface area contributed by atoms with Gasteiger partial charge in [-0.15, -0.1) is 10.2 Å². The second-order valence-corrected chi connectivity index (χ2v) is 6.61. The van der Waals surface area contributed by atoms with Crippen LogP contribution in [0.25, 0.3) is 11.4 Å². The smallest absolute Gasteiger partial charge is 0.248 e. The molecule has 1 N–H and O–H groups in total. The Hall–Kier alpha value is -3.35. The van der Waals surface area contributed by atoms with Gasteiger partial charge in [0.1, 0.15) is 6.54 Å². The largest absolute Gasteiger partial charge is 0.324 e. The number of Topliss-reactive ketones (excluding diaryl/α,β-unsaturated/α-hetero) is 1. The third-order valence-corrected chi connectivity index (χ3v) is 4.13. The number of carbonyl (C=O) groups is 2. The molecule has 3 rings (SSSR count). The number of amides is 1. The molecule has 0 fully saturated rings. The molecule has 2 aromatic carbocycles. The van der Waals surface area contributed by atoms with E-state index in [1.165, 1.54) is 17.3 Å². The highest BCUT2D eigenvalue weighted by atomic mass is 16.2. The van der Waals surface area contributed by atoms with E-state index < -0.39 is 0 Å². The van der Waals surface area contributed by atoms with Crippen molar-refractivity contribution in [3.8, 4) is 11.4 Å². The number of hydrogen-bond donors (Lipinski definition) is 1. The van der Waals surface area contributed by atoms with Crippen LogP contribution in [0.4, 0.5) is 5.69 Å². The molecule has 1 aromatic heterocycles. The summed E-state index contributed by atoms with van der Waals surface area (Å²) in [5.41, 5.74) is 3.18. The Bertz CT molecular complexity index is 961. The van der Waals surface area contributed by atoms with E-state index in [-0.39, 0.29) is 18.2 Å². The Morgan fingerprint density at radius 2 is 1.85 bits per heavy atom. The van der Waals surface area contributed by atoms with Crippen molar-refractivity contribution in [2.75, 3.05) is 5.32 Å². The minimum atomic E-state index is -0.296. The average Bonchev–Trinajstić information content (AvgIpc) is 3.10. The zero-order chi connectivity index (χ0) is 19.4. The number of hydrogen-bond acceptors (Lipinski definition) is 5. The van der Waals surface area contributed by atoms with Gasteiger partial charge in [-0.05, 0) is 35.8 Å². The van der Waals surface area contributed by atoms with E-state index in [2.05, 4.69) is 34.6 Å². The predicted octanol–water partition coefficient (Wildman–Crippen LogP) is 3.30. The molecule has 0 aliphatic heterocycles.